The van der Waals surface area contributed by atoms with E-state index in [9.17, 15) is 10.1 Å². The Hall–Kier alpha value is -2.84. The summed E-state index contributed by atoms with van der Waals surface area (Å²) in [6.07, 6.45) is 6.75. The highest BCUT2D eigenvalue weighted by Crippen LogP contribution is 2.49. The predicted octanol–water partition coefficient (Wildman–Crippen LogP) is 3.90. The van der Waals surface area contributed by atoms with E-state index >= 15 is 0 Å². The van der Waals surface area contributed by atoms with Crippen molar-refractivity contribution in [2.75, 3.05) is 18.0 Å². The molecule has 2 aliphatic heterocycles. The fourth-order valence-electron chi connectivity index (χ4n) is 5.90. The molecule has 5 heteroatoms. The van der Waals surface area contributed by atoms with Crippen molar-refractivity contribution in [1.29, 1.82) is 5.26 Å². The average molecular weight is 429 g/mol. The number of aryl methyl sites for hydroxylation is 1. The zero-order chi connectivity index (χ0) is 22.8. The molecule has 0 aromatic heterocycles. The number of rotatable bonds is 2. The van der Waals surface area contributed by atoms with Crippen LogP contribution in [0.5, 0.6) is 0 Å². The smallest absolute Gasteiger partial charge is 0.195 e. The Balaban J connectivity index is 1.62. The lowest BCUT2D eigenvalue weighted by Crippen LogP contribution is -2.41. The molecule has 0 amide bonds. The van der Waals surface area contributed by atoms with Crippen molar-refractivity contribution in [3.8, 4) is 6.07 Å². The number of carbonyl (C=O) groups excluding carboxylic acids is 1. The van der Waals surface area contributed by atoms with Gasteiger partial charge in [0, 0.05) is 58.6 Å². The van der Waals surface area contributed by atoms with Crippen LogP contribution in [0.15, 0.2) is 46.7 Å². The molecule has 0 bridgehead atoms. The van der Waals surface area contributed by atoms with Crippen molar-refractivity contribution in [2.45, 2.75) is 64.5 Å². The zero-order valence-corrected chi connectivity index (χ0v) is 19.5. The second kappa shape index (κ2) is 7.35. The third-order valence-electron chi connectivity index (χ3n) is 7.99. The largest absolute Gasteiger partial charge is 0.380 e. The van der Waals surface area contributed by atoms with Crippen LogP contribution >= 0.6 is 0 Å². The van der Waals surface area contributed by atoms with Gasteiger partial charge in [0.1, 0.15) is 0 Å². The van der Waals surface area contributed by atoms with E-state index in [-0.39, 0.29) is 29.2 Å². The first kappa shape index (κ1) is 21.0. The number of nitriles is 1. The number of anilines is 1. The number of nitrogens with two attached hydrogens (primary N) is 1. The Kier molecular flexibility index (Phi) is 4.83. The van der Waals surface area contributed by atoms with Crippen LogP contribution in [0, 0.1) is 17.2 Å². The van der Waals surface area contributed by atoms with E-state index in [1.54, 1.807) is 0 Å². The number of benzene rings is 1. The van der Waals surface area contributed by atoms with Crippen LogP contribution in [0.2, 0.25) is 0 Å². The third-order valence-corrected chi connectivity index (χ3v) is 7.99. The maximum Gasteiger partial charge on any atom is 0.195 e. The van der Waals surface area contributed by atoms with Gasteiger partial charge in [-0.2, -0.15) is 5.26 Å². The molecule has 1 fully saturated rings. The van der Waals surface area contributed by atoms with Crippen LogP contribution in [-0.4, -0.2) is 31.0 Å². The van der Waals surface area contributed by atoms with E-state index in [0.717, 1.165) is 65.9 Å². The Morgan fingerprint density at radius 1 is 1.25 bits per heavy atom. The summed E-state index contributed by atoms with van der Waals surface area (Å²) in [5.41, 5.74) is 13.8. The number of fused-ring (bicyclic) bond motifs is 3. The summed E-state index contributed by atoms with van der Waals surface area (Å²) in [5, 5.41) is 13.2. The molecule has 166 valence electrons. The number of hydrogen-bond donors (Lipinski definition) is 2. The Labute approximate surface area is 190 Å². The molecule has 2 atom stereocenters. The number of carbonyl (C=O) groups is 1. The second-order valence-electron chi connectivity index (χ2n) is 10.2. The number of hydrogen-bond acceptors (Lipinski definition) is 5. The average Bonchev–Trinajstić information content (AvgIpc) is 3.19. The first-order valence-corrected chi connectivity index (χ1v) is 11.8. The molecule has 2 aliphatic carbocycles. The molecule has 0 radical (unpaired) electrons. The van der Waals surface area contributed by atoms with Crippen LogP contribution in [0.4, 0.5) is 5.69 Å². The van der Waals surface area contributed by atoms with E-state index in [0.29, 0.717) is 0 Å². The Bertz CT molecular complexity index is 1140. The molecule has 0 spiro atoms. The molecule has 2 unspecified atom stereocenters. The van der Waals surface area contributed by atoms with Crippen molar-refractivity contribution in [3.05, 3.63) is 63.4 Å². The number of piperidine rings is 1. The minimum atomic E-state index is -0.323. The molecule has 1 aromatic rings. The number of ketones is 1. The van der Waals surface area contributed by atoms with Gasteiger partial charge in [-0.1, -0.05) is 33.8 Å². The normalized spacial score (nSPS) is 26.5. The fraction of sp³-hybridized carbons (Fsp3) is 0.481. The quantitative estimate of drug-likeness (QED) is 0.747. The van der Waals surface area contributed by atoms with Gasteiger partial charge >= 0.3 is 0 Å². The van der Waals surface area contributed by atoms with Gasteiger partial charge in [-0.25, -0.2) is 0 Å². The summed E-state index contributed by atoms with van der Waals surface area (Å²) in [5.74, 6) is 0.148. The highest BCUT2D eigenvalue weighted by Gasteiger charge is 2.48. The van der Waals surface area contributed by atoms with Crippen LogP contribution in [0.1, 0.15) is 62.0 Å². The van der Waals surface area contributed by atoms with Gasteiger partial charge in [0.05, 0.1) is 12.1 Å². The molecule has 1 saturated heterocycles. The number of Topliss-reactive ketones (excluding diaryl/α,β-unsaturated/α-hetero) is 1. The molecule has 1 aromatic carbocycles. The van der Waals surface area contributed by atoms with Crippen LogP contribution in [-0.2, 0) is 11.8 Å². The minimum absolute atomic E-state index is 0.0223. The minimum Gasteiger partial charge on any atom is -0.380 e. The standard InChI is InChI=1S/C27H32N4O/c1-5-16-12-20-21(13-22(16)31-10-8-18(29)9-11-31)27(3,4)26-23(25(20)32)19-7-6-17(14-28)15(2)24(19)30-26/h6-7,12-13,15,18,24,30H,5,8-11,29H2,1-4H3. The monoisotopic (exact) mass is 428 g/mol. The first-order chi connectivity index (χ1) is 15.3. The number of allylic oxidation sites excluding steroid dienone is 3. The van der Waals surface area contributed by atoms with Crippen LogP contribution in [0.25, 0.3) is 0 Å². The van der Waals surface area contributed by atoms with Crippen molar-refractivity contribution >= 4 is 11.5 Å². The highest BCUT2D eigenvalue weighted by molar-refractivity contribution is 6.16. The van der Waals surface area contributed by atoms with E-state index in [2.05, 4.69) is 56.1 Å². The molecule has 4 aliphatic rings. The van der Waals surface area contributed by atoms with Gasteiger partial charge in [0.15, 0.2) is 5.78 Å². The molecule has 2 heterocycles. The van der Waals surface area contributed by atoms with Crippen LogP contribution < -0.4 is 16.0 Å². The van der Waals surface area contributed by atoms with Gasteiger partial charge in [-0.15, -0.1) is 0 Å². The lowest BCUT2D eigenvalue weighted by molar-refractivity contribution is 0.102. The van der Waals surface area contributed by atoms with Crippen molar-refractivity contribution in [1.82, 2.24) is 5.32 Å². The van der Waals surface area contributed by atoms with Gasteiger partial charge in [-0.3, -0.25) is 4.79 Å². The van der Waals surface area contributed by atoms with Gasteiger partial charge in [0.25, 0.3) is 0 Å². The summed E-state index contributed by atoms with van der Waals surface area (Å²) >= 11 is 0. The van der Waals surface area contributed by atoms with Gasteiger partial charge in [0.2, 0.25) is 0 Å². The van der Waals surface area contributed by atoms with Crippen molar-refractivity contribution in [3.63, 3.8) is 0 Å². The SMILES string of the molecule is CCc1cc2c(cc1N1CCC(N)CC1)C(C)(C)C1=C(C2=O)C2=CC=C(C#N)C(C)C2N1. The Morgan fingerprint density at radius 2 is 1.97 bits per heavy atom. The summed E-state index contributed by atoms with van der Waals surface area (Å²) < 4.78 is 0. The summed E-state index contributed by atoms with van der Waals surface area (Å²) in [7, 11) is 0. The first-order valence-electron chi connectivity index (χ1n) is 11.8. The van der Waals surface area contributed by atoms with Crippen molar-refractivity contribution < 1.29 is 4.79 Å². The van der Waals surface area contributed by atoms with E-state index in [4.69, 9.17) is 5.73 Å². The van der Waals surface area contributed by atoms with E-state index in [1.165, 1.54) is 11.3 Å². The van der Waals surface area contributed by atoms with E-state index in [1.807, 2.05) is 12.2 Å². The number of nitrogens with zero attached hydrogens (tertiary/aromatic N) is 2. The molecular formula is C27H32N4O. The summed E-state index contributed by atoms with van der Waals surface area (Å²) in [6.45, 7) is 10.6. The Morgan fingerprint density at radius 3 is 2.62 bits per heavy atom. The lowest BCUT2D eigenvalue weighted by Gasteiger charge is -2.38. The van der Waals surface area contributed by atoms with E-state index < -0.39 is 0 Å². The molecule has 3 N–H and O–H groups in total. The number of nitrogens with one attached hydrogen (secondary N) is 1. The predicted molar refractivity (Wildman–Crippen MR) is 127 cm³/mol. The molecular weight excluding hydrogens is 396 g/mol. The molecule has 0 saturated carbocycles. The van der Waals surface area contributed by atoms with Gasteiger partial charge in [-0.05, 0) is 54.2 Å². The zero-order valence-electron chi connectivity index (χ0n) is 19.5. The summed E-state index contributed by atoms with van der Waals surface area (Å²) in [6, 6.07) is 6.99. The maximum atomic E-state index is 13.8. The molecule has 32 heavy (non-hydrogen) atoms. The third kappa shape index (κ3) is 2.89. The van der Waals surface area contributed by atoms with Crippen LogP contribution in [0.3, 0.4) is 0 Å². The summed E-state index contributed by atoms with van der Waals surface area (Å²) in [4.78, 5) is 16.3. The highest BCUT2D eigenvalue weighted by atomic mass is 16.1. The molecule has 5 nitrogen and oxygen atoms in total. The fourth-order valence-corrected chi connectivity index (χ4v) is 5.90. The second-order valence-corrected chi connectivity index (χ2v) is 10.2. The van der Waals surface area contributed by atoms with Crippen molar-refractivity contribution in [2.24, 2.45) is 11.7 Å². The topological polar surface area (TPSA) is 82.2 Å². The molecule has 5 rings (SSSR count). The maximum absolute atomic E-state index is 13.8. The van der Waals surface area contributed by atoms with Gasteiger partial charge < -0.3 is 16.0 Å². The lowest BCUT2D eigenvalue weighted by atomic mass is 9.70.